The minimum atomic E-state index is -1.86. The highest BCUT2D eigenvalue weighted by Gasteiger charge is 2.54. The van der Waals surface area contributed by atoms with Crippen LogP contribution in [0.1, 0.15) is 52.0 Å². The lowest BCUT2D eigenvalue weighted by Gasteiger charge is -2.44. The molecule has 0 unspecified atom stereocenters. The second kappa shape index (κ2) is 6.41. The first-order valence-corrected chi connectivity index (χ1v) is 12.5. The van der Waals surface area contributed by atoms with Gasteiger partial charge in [0.15, 0.2) is 8.32 Å². The Hall–Kier alpha value is -1.37. The first-order valence-electron chi connectivity index (χ1n) is 9.55. The number of allylic oxidation sites excluding steroid dienone is 2. The molecular weight excluding hydrogens is 322 g/mol. The van der Waals surface area contributed by atoms with Crippen molar-refractivity contribution in [2.24, 2.45) is 11.3 Å². The van der Waals surface area contributed by atoms with Gasteiger partial charge >= 0.3 is 0 Å². The summed E-state index contributed by atoms with van der Waals surface area (Å²) in [4.78, 5) is 0. The summed E-state index contributed by atoms with van der Waals surface area (Å²) in [6.07, 6.45) is 6.47. The average Bonchev–Trinajstić information content (AvgIpc) is 2.92. The normalized spacial score (nSPS) is 29.7. The number of hydrogen-bond acceptors (Lipinski definition) is 2. The molecule has 0 amide bonds. The van der Waals surface area contributed by atoms with Gasteiger partial charge in [-0.05, 0) is 60.9 Å². The molecule has 0 aromatic heterocycles. The lowest BCUT2D eigenvalue weighted by Crippen LogP contribution is -2.48. The fraction of sp³-hybridized carbons (Fsp3) is 0.591. The van der Waals surface area contributed by atoms with E-state index < -0.39 is 8.32 Å². The van der Waals surface area contributed by atoms with Crippen LogP contribution in [0.5, 0.6) is 0 Å². The van der Waals surface area contributed by atoms with Crippen molar-refractivity contribution in [3.05, 3.63) is 42.0 Å². The Morgan fingerprint density at radius 1 is 1.16 bits per heavy atom. The van der Waals surface area contributed by atoms with E-state index >= 15 is 0 Å². The predicted octanol–water partition coefficient (Wildman–Crippen LogP) is 6.17. The summed E-state index contributed by atoms with van der Waals surface area (Å²) in [6.45, 7) is 11.4. The Morgan fingerprint density at radius 3 is 2.44 bits per heavy atom. The molecular formula is C22H31NOSi. The first-order chi connectivity index (χ1) is 11.7. The fourth-order valence-corrected chi connectivity index (χ4v) is 5.52. The number of fused-ring (bicyclic) bond motifs is 1. The van der Waals surface area contributed by atoms with E-state index in [0.717, 1.165) is 25.7 Å². The van der Waals surface area contributed by atoms with Crippen LogP contribution < -0.4 is 0 Å². The van der Waals surface area contributed by atoms with E-state index in [2.05, 4.69) is 76.3 Å². The van der Waals surface area contributed by atoms with E-state index in [0.29, 0.717) is 5.92 Å². The average molecular weight is 354 g/mol. The van der Waals surface area contributed by atoms with Gasteiger partial charge in [0.25, 0.3) is 0 Å². The molecule has 1 fully saturated rings. The third-order valence-corrected chi connectivity index (χ3v) is 11.3. The predicted molar refractivity (Wildman–Crippen MR) is 106 cm³/mol. The lowest BCUT2D eigenvalue weighted by atomic mass is 9.68. The molecule has 1 saturated carbocycles. The van der Waals surface area contributed by atoms with Gasteiger partial charge in [-0.1, -0.05) is 57.2 Å². The number of rotatable bonds is 3. The van der Waals surface area contributed by atoms with E-state index in [9.17, 15) is 5.26 Å². The second-order valence-electron chi connectivity index (χ2n) is 9.26. The number of hydrogen-bond donors (Lipinski definition) is 0. The summed E-state index contributed by atoms with van der Waals surface area (Å²) in [6, 6.07) is 13.4. The van der Waals surface area contributed by atoms with Gasteiger partial charge in [-0.25, -0.2) is 0 Å². The van der Waals surface area contributed by atoms with Gasteiger partial charge in [-0.15, -0.1) is 0 Å². The largest absolute Gasteiger partial charge is 0.412 e. The van der Waals surface area contributed by atoms with Crippen LogP contribution in [-0.2, 0) is 4.43 Å². The van der Waals surface area contributed by atoms with E-state index in [1.165, 1.54) is 11.1 Å². The molecule has 134 valence electrons. The Balaban J connectivity index is 1.87. The van der Waals surface area contributed by atoms with Crippen LogP contribution in [0, 0.1) is 22.7 Å². The Morgan fingerprint density at radius 2 is 1.84 bits per heavy atom. The maximum Gasteiger partial charge on any atom is 0.192 e. The minimum Gasteiger partial charge on any atom is -0.412 e. The van der Waals surface area contributed by atoms with Crippen LogP contribution >= 0.6 is 0 Å². The van der Waals surface area contributed by atoms with Crippen molar-refractivity contribution in [1.82, 2.24) is 0 Å². The summed E-state index contributed by atoms with van der Waals surface area (Å²) >= 11 is 0. The van der Waals surface area contributed by atoms with Crippen molar-refractivity contribution >= 4 is 13.9 Å². The zero-order chi connectivity index (χ0) is 18.3. The summed E-state index contributed by atoms with van der Waals surface area (Å²) in [5.74, 6) is 0.330. The first kappa shape index (κ1) is 18.4. The zero-order valence-corrected chi connectivity index (χ0v) is 17.3. The summed E-state index contributed by atoms with van der Waals surface area (Å²) < 4.78 is 6.76. The van der Waals surface area contributed by atoms with Crippen LogP contribution in [0.15, 0.2) is 36.4 Å². The Labute approximate surface area is 154 Å². The van der Waals surface area contributed by atoms with Crippen LogP contribution in [0.3, 0.4) is 0 Å². The highest BCUT2D eigenvalue weighted by molar-refractivity contribution is 6.74. The zero-order valence-electron chi connectivity index (χ0n) is 16.3. The summed E-state index contributed by atoms with van der Waals surface area (Å²) in [5.41, 5.74) is 2.39. The van der Waals surface area contributed by atoms with Gasteiger partial charge in [0, 0.05) is 0 Å². The van der Waals surface area contributed by atoms with Gasteiger partial charge in [0.2, 0.25) is 0 Å². The van der Waals surface area contributed by atoms with Crippen molar-refractivity contribution in [2.75, 3.05) is 0 Å². The highest BCUT2D eigenvalue weighted by Crippen LogP contribution is 2.55. The van der Waals surface area contributed by atoms with Crippen LogP contribution in [0.4, 0.5) is 0 Å². The molecule has 0 saturated heterocycles. The standard InChI is InChI=1S/C22H31NOSi/c1-21(2,3)25(4,5)24-20-12-11-19-15-18(13-14-22(19,20)16-23)17-9-7-6-8-10-17/h6-10,15,19-20H,11-14H2,1-5H3/t19-,20-,22-/m1/s1. The molecule has 2 nitrogen and oxygen atoms in total. The van der Waals surface area contributed by atoms with Gasteiger partial charge in [-0.3, -0.25) is 0 Å². The van der Waals surface area contributed by atoms with Gasteiger partial charge in [0.05, 0.1) is 17.6 Å². The molecule has 3 atom stereocenters. The van der Waals surface area contributed by atoms with Crippen LogP contribution in [-0.4, -0.2) is 14.4 Å². The number of nitrogens with zero attached hydrogens (tertiary/aromatic N) is 1. The molecule has 0 N–H and O–H groups in total. The molecule has 0 radical (unpaired) electrons. The van der Waals surface area contributed by atoms with Crippen molar-refractivity contribution in [1.29, 1.82) is 5.26 Å². The Kier molecular flexibility index (Phi) is 4.72. The third-order valence-electron chi connectivity index (χ3n) is 6.78. The SMILES string of the molecule is CC(C)(C)[Si](C)(C)O[C@@H]1CC[C@@H]2C=C(c3ccccc3)CC[C@@]21C#N. The lowest BCUT2D eigenvalue weighted by molar-refractivity contribution is 0.0792. The number of nitriles is 1. The second-order valence-corrected chi connectivity index (χ2v) is 14.0. The molecule has 0 heterocycles. The summed E-state index contributed by atoms with van der Waals surface area (Å²) in [5, 5.41) is 10.3. The van der Waals surface area contributed by atoms with Gasteiger partial charge in [0.1, 0.15) is 0 Å². The van der Waals surface area contributed by atoms with Crippen molar-refractivity contribution in [2.45, 2.75) is 70.7 Å². The van der Waals surface area contributed by atoms with Crippen LogP contribution in [0.2, 0.25) is 18.1 Å². The van der Waals surface area contributed by atoms with Crippen molar-refractivity contribution in [3.8, 4) is 6.07 Å². The van der Waals surface area contributed by atoms with Crippen molar-refractivity contribution < 1.29 is 4.43 Å². The molecule has 2 aliphatic rings. The minimum absolute atomic E-state index is 0.0944. The Bertz CT molecular complexity index is 695. The molecule has 3 heteroatoms. The molecule has 1 aromatic carbocycles. The van der Waals surface area contributed by atoms with E-state index in [1.54, 1.807) is 0 Å². The molecule has 3 rings (SSSR count). The van der Waals surface area contributed by atoms with E-state index in [-0.39, 0.29) is 16.6 Å². The molecule has 2 aliphatic carbocycles. The molecule has 0 spiro atoms. The van der Waals surface area contributed by atoms with Crippen molar-refractivity contribution in [3.63, 3.8) is 0 Å². The highest BCUT2D eigenvalue weighted by atomic mass is 28.4. The topological polar surface area (TPSA) is 33.0 Å². The number of benzene rings is 1. The monoisotopic (exact) mass is 353 g/mol. The third kappa shape index (κ3) is 3.23. The van der Waals surface area contributed by atoms with Gasteiger partial charge in [-0.2, -0.15) is 5.26 Å². The van der Waals surface area contributed by atoms with E-state index in [4.69, 9.17) is 4.43 Å². The molecule has 1 aromatic rings. The molecule has 25 heavy (non-hydrogen) atoms. The quantitative estimate of drug-likeness (QED) is 0.608. The molecule has 0 bridgehead atoms. The molecule has 0 aliphatic heterocycles. The smallest absolute Gasteiger partial charge is 0.192 e. The fourth-order valence-electron chi connectivity index (χ4n) is 4.13. The maximum atomic E-state index is 10.1. The summed E-state index contributed by atoms with van der Waals surface area (Å²) in [7, 11) is -1.86. The maximum absolute atomic E-state index is 10.1. The van der Waals surface area contributed by atoms with Crippen LogP contribution in [0.25, 0.3) is 5.57 Å². The van der Waals surface area contributed by atoms with E-state index in [1.807, 2.05) is 0 Å². The van der Waals surface area contributed by atoms with Gasteiger partial charge < -0.3 is 4.43 Å².